The van der Waals surface area contributed by atoms with Crippen LogP contribution in [-0.4, -0.2) is 159 Å². The molecule has 7 amide bonds. The number of hydrogen-bond donors (Lipinski definition) is 5. The lowest BCUT2D eigenvalue weighted by Gasteiger charge is -2.37. The van der Waals surface area contributed by atoms with Crippen LogP contribution in [0.4, 0.5) is 0 Å². The van der Waals surface area contributed by atoms with Crippen LogP contribution in [-0.2, 0) is 38.3 Å². The van der Waals surface area contributed by atoms with Gasteiger partial charge in [0.05, 0.1) is 12.6 Å². The van der Waals surface area contributed by atoms with E-state index in [4.69, 9.17) is 4.74 Å². The molecule has 5 N–H and O–H groups in total. The van der Waals surface area contributed by atoms with Crippen molar-refractivity contribution in [1.29, 1.82) is 0 Å². The number of benzene rings is 1. The Morgan fingerprint density at radius 3 is 2.13 bits per heavy atom. The lowest BCUT2D eigenvalue weighted by molar-refractivity contribution is -0.161. The number of ether oxygens (including phenoxy) is 1. The number of pyridine rings is 1. The number of fused-ring (bicyclic) bond motifs is 1. The number of carbonyl (C=O) groups excluding carboxylic acids is 8. The molecular weight excluding hydrogens is 817 g/mol. The van der Waals surface area contributed by atoms with Crippen molar-refractivity contribution in [2.75, 3.05) is 34.2 Å². The second kappa shape index (κ2) is 21.3. The highest BCUT2D eigenvalue weighted by Gasteiger charge is 2.45. The van der Waals surface area contributed by atoms with Gasteiger partial charge in [-0.2, -0.15) is 0 Å². The summed E-state index contributed by atoms with van der Waals surface area (Å²) in [4.78, 5) is 122. The molecule has 19 nitrogen and oxygen atoms in total. The van der Waals surface area contributed by atoms with Gasteiger partial charge in [-0.1, -0.05) is 65.0 Å². The number of hydrogen-bond acceptors (Lipinski definition) is 12. The van der Waals surface area contributed by atoms with Crippen molar-refractivity contribution in [1.82, 2.24) is 40.5 Å². The molecule has 0 radical (unpaired) electrons. The van der Waals surface area contributed by atoms with Gasteiger partial charge in [-0.25, -0.2) is 9.78 Å². The van der Waals surface area contributed by atoms with Gasteiger partial charge in [0, 0.05) is 40.3 Å². The molecule has 0 bridgehead atoms. The Morgan fingerprint density at radius 1 is 0.873 bits per heavy atom. The normalized spacial score (nSPS) is 27.0. The van der Waals surface area contributed by atoms with Gasteiger partial charge in [0.25, 0.3) is 5.91 Å². The van der Waals surface area contributed by atoms with E-state index < -0.39 is 120 Å². The third-order valence-electron chi connectivity index (χ3n) is 11.7. The van der Waals surface area contributed by atoms with Gasteiger partial charge in [0.2, 0.25) is 35.4 Å². The Balaban J connectivity index is 1.86. The number of nitrogens with zero attached hydrogens (tertiary/aromatic N) is 5. The molecule has 1 unspecified atom stereocenters. The fourth-order valence-electron chi connectivity index (χ4n) is 7.82. The summed E-state index contributed by atoms with van der Waals surface area (Å²) in [5.74, 6) is -7.75. The smallest absolute Gasteiger partial charge is 0.333 e. The Kier molecular flexibility index (Phi) is 16.8. The summed E-state index contributed by atoms with van der Waals surface area (Å²) in [5, 5.41) is 29.1. The topological polar surface area (TPSA) is 248 Å². The van der Waals surface area contributed by atoms with Gasteiger partial charge < -0.3 is 50.5 Å². The first-order chi connectivity index (χ1) is 29.5. The average Bonchev–Trinajstić information content (AvgIpc) is 3.62. The maximum absolute atomic E-state index is 14.5. The molecule has 9 atom stereocenters. The standard InChI is InChI=1S/C44H62N8O11/c1-23(2)19-30-42(60)52-21-29(53)20-31(52)43(61)49(8)22-33(55)50(9)36(25(5)24(3)4)40(58)46-26(6)41(59)51(10)37(28-15-12-11-13-16-28)44(62)63-27(7)34(38(56)47-30)48-39(57)35-32(54)17-14-18-45-35/h11-18,23-27,29-31,34,36-37,53-54H,19-22H2,1-10H3,(H,46,58)(H,47,56)(H,48,57)/t25-,26-,27-,29+,30+,31+,34-,36?,37-/m0/s1. The number of aromatic nitrogens is 1. The molecule has 4 rings (SSSR count). The second-order valence-corrected chi connectivity index (χ2v) is 17.3. The van der Waals surface area contributed by atoms with Crippen molar-refractivity contribution in [3.8, 4) is 5.75 Å². The van der Waals surface area contributed by atoms with Crippen molar-refractivity contribution in [2.45, 2.75) is 110 Å². The Hall–Kier alpha value is -6.11. The maximum atomic E-state index is 14.5. The number of aromatic hydroxyl groups is 1. The molecular formula is C44H62N8O11. The third-order valence-corrected chi connectivity index (χ3v) is 11.7. The van der Waals surface area contributed by atoms with Crippen LogP contribution in [0.25, 0.3) is 0 Å². The monoisotopic (exact) mass is 878 g/mol. The summed E-state index contributed by atoms with van der Waals surface area (Å²) in [7, 11) is 4.13. The largest absolute Gasteiger partial charge is 0.505 e. The van der Waals surface area contributed by atoms with E-state index in [-0.39, 0.29) is 31.2 Å². The van der Waals surface area contributed by atoms with E-state index in [0.717, 1.165) is 14.7 Å². The average molecular weight is 879 g/mol. The number of nitrogens with one attached hydrogen (secondary N) is 3. The SMILES string of the molecule is CC(C)C[C@H]1NC(=O)[C@@H](NC(=O)c2ncccc2O)[C@H](C)OC(=O)[C@H](c2ccccc2)N(C)C(=O)[C@H](C)NC(=O)C([C@@H](C)C(C)C)N(C)C(=O)CN(C)C(=O)[C@H]2C[C@@H](O)CN2C1=O. The number of rotatable bonds is 7. The summed E-state index contributed by atoms with van der Waals surface area (Å²) in [6.45, 7) is 11.1. The van der Waals surface area contributed by atoms with Crippen molar-refractivity contribution in [3.05, 3.63) is 59.9 Å². The van der Waals surface area contributed by atoms with E-state index in [2.05, 4.69) is 20.9 Å². The van der Waals surface area contributed by atoms with Crippen LogP contribution in [0.2, 0.25) is 0 Å². The lowest BCUT2D eigenvalue weighted by atomic mass is 9.88. The summed E-state index contributed by atoms with van der Waals surface area (Å²) in [6, 6.07) is 2.60. The minimum atomic E-state index is -1.74. The van der Waals surface area contributed by atoms with Crippen LogP contribution >= 0.6 is 0 Å². The fourth-order valence-corrected chi connectivity index (χ4v) is 7.82. The van der Waals surface area contributed by atoms with E-state index in [1.165, 1.54) is 58.2 Å². The zero-order chi connectivity index (χ0) is 47.0. The van der Waals surface area contributed by atoms with Crippen LogP contribution in [0.3, 0.4) is 0 Å². The third kappa shape index (κ3) is 11.9. The molecule has 2 aromatic rings. The molecule has 344 valence electrons. The zero-order valence-corrected chi connectivity index (χ0v) is 37.6. The molecule has 63 heavy (non-hydrogen) atoms. The Morgan fingerprint density at radius 2 is 1.52 bits per heavy atom. The van der Waals surface area contributed by atoms with Gasteiger partial charge in [-0.15, -0.1) is 0 Å². The predicted octanol–water partition coefficient (Wildman–Crippen LogP) is 0.606. The van der Waals surface area contributed by atoms with E-state index in [1.54, 1.807) is 51.1 Å². The Labute approximate surface area is 367 Å². The number of likely N-dealkylation sites (N-methyl/N-ethyl adjacent to an activating group) is 3. The number of aliphatic hydroxyl groups is 1. The van der Waals surface area contributed by atoms with E-state index >= 15 is 0 Å². The van der Waals surface area contributed by atoms with Crippen LogP contribution in [0.1, 0.15) is 83.4 Å². The van der Waals surface area contributed by atoms with E-state index in [0.29, 0.717) is 5.56 Å². The highest BCUT2D eigenvalue weighted by molar-refractivity contribution is 6.00. The van der Waals surface area contributed by atoms with E-state index in [9.17, 15) is 48.6 Å². The lowest BCUT2D eigenvalue weighted by Crippen LogP contribution is -2.60. The highest BCUT2D eigenvalue weighted by Crippen LogP contribution is 2.26. The highest BCUT2D eigenvalue weighted by atomic mass is 16.5. The van der Waals surface area contributed by atoms with Crippen molar-refractivity contribution in [2.24, 2.45) is 17.8 Å². The summed E-state index contributed by atoms with van der Waals surface area (Å²) < 4.78 is 5.91. The first kappa shape index (κ1) is 49.5. The van der Waals surface area contributed by atoms with Crippen LogP contribution in [0.15, 0.2) is 48.7 Å². The van der Waals surface area contributed by atoms with Gasteiger partial charge in [0.15, 0.2) is 11.7 Å². The second-order valence-electron chi connectivity index (χ2n) is 17.3. The first-order valence-electron chi connectivity index (χ1n) is 21.1. The van der Waals surface area contributed by atoms with Crippen LogP contribution < -0.4 is 16.0 Å². The van der Waals surface area contributed by atoms with Crippen molar-refractivity contribution >= 4 is 47.3 Å². The maximum Gasteiger partial charge on any atom is 0.333 e. The van der Waals surface area contributed by atoms with Crippen molar-refractivity contribution < 1.29 is 53.3 Å². The zero-order valence-electron chi connectivity index (χ0n) is 37.6. The summed E-state index contributed by atoms with van der Waals surface area (Å²) in [5.41, 5.74) is -0.145. The van der Waals surface area contributed by atoms with Gasteiger partial charge in [0.1, 0.15) is 42.1 Å². The molecule has 0 spiro atoms. The molecule has 0 saturated carbocycles. The number of esters is 1. The number of amides is 7. The van der Waals surface area contributed by atoms with E-state index in [1.807, 2.05) is 13.8 Å². The molecule has 1 aromatic carbocycles. The Bertz CT molecular complexity index is 2020. The minimum Gasteiger partial charge on any atom is -0.505 e. The molecule has 3 heterocycles. The molecule has 2 saturated heterocycles. The predicted molar refractivity (Wildman–Crippen MR) is 228 cm³/mol. The summed E-state index contributed by atoms with van der Waals surface area (Å²) in [6.07, 6.45) is -1.52. The quantitative estimate of drug-likeness (QED) is 0.240. The van der Waals surface area contributed by atoms with Crippen LogP contribution in [0, 0.1) is 17.8 Å². The number of cyclic esters (lactones) is 1. The van der Waals surface area contributed by atoms with Crippen LogP contribution in [0.5, 0.6) is 5.75 Å². The molecule has 2 fully saturated rings. The minimum absolute atomic E-state index is 0.0335. The summed E-state index contributed by atoms with van der Waals surface area (Å²) >= 11 is 0. The van der Waals surface area contributed by atoms with Gasteiger partial charge >= 0.3 is 5.97 Å². The van der Waals surface area contributed by atoms with Gasteiger partial charge in [-0.05, 0) is 55.7 Å². The number of carbonyl (C=O) groups is 8. The molecule has 0 aliphatic carbocycles. The fraction of sp³-hybridized carbons (Fsp3) is 0.568. The van der Waals surface area contributed by atoms with Gasteiger partial charge in [-0.3, -0.25) is 33.6 Å². The number of aliphatic hydroxyl groups excluding tert-OH is 1. The molecule has 2 aliphatic heterocycles. The molecule has 2 aliphatic rings. The first-order valence-corrected chi connectivity index (χ1v) is 21.1. The van der Waals surface area contributed by atoms with Crippen molar-refractivity contribution in [3.63, 3.8) is 0 Å². The molecule has 1 aromatic heterocycles. The molecule has 19 heteroatoms.